The maximum atomic E-state index is 13.6. The number of fused-ring (bicyclic) bond motifs is 1. The monoisotopic (exact) mass is 558 g/mol. The van der Waals surface area contributed by atoms with Gasteiger partial charge in [-0.25, -0.2) is 4.98 Å². The fourth-order valence-electron chi connectivity index (χ4n) is 4.80. The lowest BCUT2D eigenvalue weighted by Gasteiger charge is -2.16. The Morgan fingerprint density at radius 2 is 1.61 bits per heavy atom. The normalized spacial score (nSPS) is 11.5. The number of amides is 2. The average Bonchev–Trinajstić information content (AvgIpc) is 3.30. The van der Waals surface area contributed by atoms with E-state index >= 15 is 0 Å². The molecule has 1 heterocycles. The van der Waals surface area contributed by atoms with E-state index in [-0.39, 0.29) is 23.4 Å². The molecule has 0 aliphatic carbocycles. The van der Waals surface area contributed by atoms with Crippen LogP contribution in [0, 0.1) is 0 Å². The van der Waals surface area contributed by atoms with Crippen molar-refractivity contribution in [2.45, 2.75) is 19.2 Å². The van der Waals surface area contributed by atoms with E-state index in [9.17, 15) is 22.8 Å². The molecule has 0 radical (unpaired) electrons. The molecule has 3 N–H and O–H groups in total. The van der Waals surface area contributed by atoms with Gasteiger partial charge < -0.3 is 15.8 Å². The highest BCUT2D eigenvalue weighted by Gasteiger charge is 2.35. The van der Waals surface area contributed by atoms with Gasteiger partial charge in [0, 0.05) is 12.8 Å². The number of nitrogens with one attached hydrogen (secondary N) is 1. The van der Waals surface area contributed by atoms with Gasteiger partial charge in [0.15, 0.2) is 0 Å². The maximum absolute atomic E-state index is 13.6. The van der Waals surface area contributed by atoms with Crippen molar-refractivity contribution in [1.29, 1.82) is 0 Å². The molecule has 5 rings (SSSR count). The molecule has 5 aromatic rings. The first-order valence-corrected chi connectivity index (χ1v) is 12.6. The smallest absolute Gasteiger partial charge is 0.377 e. The lowest BCUT2D eigenvalue weighted by molar-refractivity contribution is -0.137. The first-order chi connectivity index (χ1) is 19.7. The number of imidazole rings is 1. The van der Waals surface area contributed by atoms with Crippen molar-refractivity contribution in [3.63, 3.8) is 0 Å². The van der Waals surface area contributed by atoms with E-state index in [1.54, 1.807) is 6.07 Å². The fourth-order valence-corrected chi connectivity index (χ4v) is 4.80. The van der Waals surface area contributed by atoms with E-state index in [0.717, 1.165) is 28.9 Å². The summed E-state index contributed by atoms with van der Waals surface area (Å²) in [6.07, 6.45) is -4.14. The van der Waals surface area contributed by atoms with Crippen molar-refractivity contribution in [2.75, 3.05) is 12.4 Å². The number of halogens is 3. The zero-order valence-corrected chi connectivity index (χ0v) is 21.9. The Labute approximate surface area is 233 Å². The van der Waals surface area contributed by atoms with E-state index in [1.165, 1.54) is 25.3 Å². The van der Waals surface area contributed by atoms with Gasteiger partial charge in [0.25, 0.3) is 11.8 Å². The number of alkyl halides is 3. The second-order valence-electron chi connectivity index (χ2n) is 9.34. The van der Waals surface area contributed by atoms with Crippen LogP contribution in [0.5, 0.6) is 0 Å². The van der Waals surface area contributed by atoms with Crippen LogP contribution in [0.3, 0.4) is 0 Å². The van der Waals surface area contributed by atoms with Crippen LogP contribution < -0.4 is 11.1 Å². The minimum absolute atomic E-state index is 0.00134. The van der Waals surface area contributed by atoms with Crippen LogP contribution in [0.2, 0.25) is 0 Å². The van der Waals surface area contributed by atoms with Crippen LogP contribution in [0.1, 0.15) is 43.2 Å². The number of aromatic nitrogens is 2. The van der Waals surface area contributed by atoms with Gasteiger partial charge in [-0.05, 0) is 47.9 Å². The van der Waals surface area contributed by atoms with E-state index in [4.69, 9.17) is 10.5 Å². The molecule has 2 amide bonds. The Morgan fingerprint density at radius 1 is 0.927 bits per heavy atom. The van der Waals surface area contributed by atoms with Crippen LogP contribution in [-0.4, -0.2) is 28.5 Å². The number of carbonyl (C=O) groups excluding carboxylic acids is 2. The molecule has 4 aromatic carbocycles. The Hall–Kier alpha value is -4.96. The zero-order valence-electron chi connectivity index (χ0n) is 21.9. The van der Waals surface area contributed by atoms with Crippen molar-refractivity contribution in [2.24, 2.45) is 5.73 Å². The highest BCUT2D eigenvalue weighted by Crippen LogP contribution is 2.34. The van der Waals surface area contributed by atoms with Crippen molar-refractivity contribution in [3.8, 4) is 5.69 Å². The van der Waals surface area contributed by atoms with Crippen LogP contribution in [0.4, 0.5) is 18.9 Å². The topological polar surface area (TPSA) is 99.2 Å². The summed E-state index contributed by atoms with van der Waals surface area (Å²) in [7, 11) is 1.51. The number of primary amides is 1. The lowest BCUT2D eigenvalue weighted by Crippen LogP contribution is -2.19. The van der Waals surface area contributed by atoms with Gasteiger partial charge in [-0.2, -0.15) is 13.2 Å². The Morgan fingerprint density at radius 3 is 2.32 bits per heavy atom. The van der Waals surface area contributed by atoms with E-state index in [1.807, 2.05) is 59.2 Å². The standard InChI is InChI=1S/C31H25F3N4O3/c1-41-18-27-37-28-23(29(35)39)16-21(36-30(40)22-12-6-7-13-24(22)31(32,33)34)17-26(28)38(27)25-14-8-5-11-20(25)15-19-9-3-2-4-10-19/h2-14,16-17H,15,18H2,1H3,(H2,35,39)(H,36,40). The zero-order chi connectivity index (χ0) is 29.1. The van der Waals surface area contributed by atoms with Gasteiger partial charge in [0.1, 0.15) is 17.9 Å². The van der Waals surface area contributed by atoms with Gasteiger partial charge in [-0.15, -0.1) is 0 Å². The number of hydrogen-bond acceptors (Lipinski definition) is 4. The predicted octanol–water partition coefficient (Wildman–Crippen LogP) is 6.13. The highest BCUT2D eigenvalue weighted by molar-refractivity contribution is 6.10. The summed E-state index contributed by atoms with van der Waals surface area (Å²) in [5.41, 5.74) is 7.63. The van der Waals surface area contributed by atoms with Crippen molar-refractivity contribution >= 4 is 28.5 Å². The van der Waals surface area contributed by atoms with Gasteiger partial charge >= 0.3 is 6.18 Å². The van der Waals surface area contributed by atoms with E-state index in [2.05, 4.69) is 10.3 Å². The van der Waals surface area contributed by atoms with Crippen molar-refractivity contribution < 1.29 is 27.5 Å². The number of nitrogens with two attached hydrogens (primary N) is 1. The minimum atomic E-state index is -4.73. The third-order valence-electron chi connectivity index (χ3n) is 6.57. The molecule has 0 unspecified atom stereocenters. The Kier molecular flexibility index (Phi) is 7.58. The van der Waals surface area contributed by atoms with Gasteiger partial charge in [-0.1, -0.05) is 60.7 Å². The Balaban J connectivity index is 1.67. The second-order valence-corrected chi connectivity index (χ2v) is 9.34. The molecule has 41 heavy (non-hydrogen) atoms. The van der Waals surface area contributed by atoms with Crippen molar-refractivity contribution in [1.82, 2.24) is 9.55 Å². The van der Waals surface area contributed by atoms with Crippen LogP contribution in [-0.2, 0) is 23.9 Å². The number of ether oxygens (including phenoxy) is 1. The number of benzene rings is 4. The molecule has 0 saturated carbocycles. The maximum Gasteiger partial charge on any atom is 0.417 e. The molecular formula is C31H25F3N4O3. The van der Waals surface area contributed by atoms with Gasteiger partial charge in [0.05, 0.1) is 27.9 Å². The number of anilines is 1. The predicted molar refractivity (Wildman–Crippen MR) is 149 cm³/mol. The van der Waals surface area contributed by atoms with Crippen molar-refractivity contribution in [3.05, 3.63) is 125 Å². The summed E-state index contributed by atoms with van der Waals surface area (Å²) in [4.78, 5) is 30.2. The summed E-state index contributed by atoms with van der Waals surface area (Å²) in [5.74, 6) is -1.33. The van der Waals surface area contributed by atoms with E-state index < -0.39 is 29.1 Å². The minimum Gasteiger partial charge on any atom is -0.377 e. The number of hydrogen-bond donors (Lipinski definition) is 2. The molecule has 10 heteroatoms. The van der Waals surface area contributed by atoms with Gasteiger partial charge in [-0.3, -0.25) is 14.2 Å². The SMILES string of the molecule is COCc1nc2c(C(N)=O)cc(NC(=O)c3ccccc3C(F)(F)F)cc2n1-c1ccccc1Cc1ccccc1. The lowest BCUT2D eigenvalue weighted by atomic mass is 10.0. The van der Waals surface area contributed by atoms with Crippen LogP contribution in [0.15, 0.2) is 91.0 Å². The van der Waals surface area contributed by atoms with E-state index in [0.29, 0.717) is 17.8 Å². The number of methoxy groups -OCH3 is 1. The molecule has 208 valence electrons. The summed E-state index contributed by atoms with van der Waals surface area (Å²) < 4.78 is 47.9. The highest BCUT2D eigenvalue weighted by atomic mass is 19.4. The molecule has 0 fully saturated rings. The number of para-hydroxylation sites is 1. The molecule has 0 aliphatic heterocycles. The molecule has 0 aliphatic rings. The number of rotatable bonds is 8. The summed E-state index contributed by atoms with van der Waals surface area (Å²) in [6.45, 7) is 0.0905. The number of carbonyl (C=O) groups is 2. The average molecular weight is 559 g/mol. The fraction of sp³-hybridized carbons (Fsp3) is 0.129. The quantitative estimate of drug-likeness (QED) is 0.239. The molecule has 7 nitrogen and oxygen atoms in total. The molecular weight excluding hydrogens is 533 g/mol. The summed E-state index contributed by atoms with van der Waals surface area (Å²) in [5, 5.41) is 2.51. The number of nitrogens with zero attached hydrogens (tertiary/aromatic N) is 2. The largest absolute Gasteiger partial charge is 0.417 e. The molecule has 1 aromatic heterocycles. The summed E-state index contributed by atoms with van der Waals surface area (Å²) >= 11 is 0. The third-order valence-corrected chi connectivity index (χ3v) is 6.57. The molecule has 0 saturated heterocycles. The molecule has 0 bridgehead atoms. The first kappa shape index (κ1) is 27.6. The molecule has 0 atom stereocenters. The van der Waals surface area contributed by atoms with Gasteiger partial charge in [0.2, 0.25) is 0 Å². The second kappa shape index (κ2) is 11.3. The van der Waals surface area contributed by atoms with Crippen LogP contribution >= 0.6 is 0 Å². The Bertz CT molecular complexity index is 1750. The first-order valence-electron chi connectivity index (χ1n) is 12.6. The summed E-state index contributed by atoms with van der Waals surface area (Å²) in [6, 6.07) is 24.8. The van der Waals surface area contributed by atoms with Crippen LogP contribution in [0.25, 0.3) is 16.7 Å². The third kappa shape index (κ3) is 5.68. The molecule has 0 spiro atoms.